The van der Waals surface area contributed by atoms with Crippen LogP contribution >= 0.6 is 0 Å². The molecule has 18 heavy (non-hydrogen) atoms. The molecule has 0 amide bonds. The molecular weight excluding hydrogens is 238 g/mol. The molecule has 0 atom stereocenters. The maximum Gasteiger partial charge on any atom is 0.184 e. The monoisotopic (exact) mass is 256 g/mol. The van der Waals surface area contributed by atoms with Gasteiger partial charge in [-0.25, -0.2) is 8.78 Å². The number of halogens is 2. The number of anilines is 2. The van der Waals surface area contributed by atoms with Crippen LogP contribution in [0.4, 0.5) is 20.2 Å². The Bertz CT molecular complexity index is 420. The van der Waals surface area contributed by atoms with Crippen LogP contribution in [-0.2, 0) is 4.74 Å². The second-order valence-corrected chi connectivity index (χ2v) is 4.74. The van der Waals surface area contributed by atoms with Crippen molar-refractivity contribution >= 4 is 11.4 Å². The number of hydrogen-bond donors (Lipinski definition) is 1. The summed E-state index contributed by atoms with van der Waals surface area (Å²) in [6.45, 7) is 2.13. The summed E-state index contributed by atoms with van der Waals surface area (Å²) in [5.41, 5.74) is 6.14. The molecule has 0 aliphatic carbocycles. The van der Waals surface area contributed by atoms with E-state index < -0.39 is 11.6 Å². The summed E-state index contributed by atoms with van der Waals surface area (Å²) < 4.78 is 32.2. The van der Waals surface area contributed by atoms with Gasteiger partial charge in [0.25, 0.3) is 0 Å². The van der Waals surface area contributed by atoms with Crippen molar-refractivity contribution < 1.29 is 13.5 Å². The van der Waals surface area contributed by atoms with Crippen molar-refractivity contribution in [3.8, 4) is 0 Å². The van der Waals surface area contributed by atoms with E-state index in [2.05, 4.69) is 0 Å². The van der Waals surface area contributed by atoms with Crippen molar-refractivity contribution in [2.45, 2.75) is 12.8 Å². The minimum Gasteiger partial charge on any atom is -0.397 e. The van der Waals surface area contributed by atoms with Gasteiger partial charge in [0, 0.05) is 26.8 Å². The number of benzene rings is 1. The fourth-order valence-electron chi connectivity index (χ4n) is 2.35. The van der Waals surface area contributed by atoms with Crippen LogP contribution in [0.5, 0.6) is 0 Å². The van der Waals surface area contributed by atoms with Gasteiger partial charge in [-0.05, 0) is 30.9 Å². The second kappa shape index (κ2) is 5.52. The molecule has 100 valence electrons. The predicted octanol–water partition coefficient (Wildman–Crippen LogP) is 2.41. The van der Waals surface area contributed by atoms with Crippen LogP contribution < -0.4 is 10.6 Å². The third-order valence-electron chi connectivity index (χ3n) is 3.35. The zero-order valence-electron chi connectivity index (χ0n) is 10.5. The van der Waals surface area contributed by atoms with E-state index >= 15 is 0 Å². The molecule has 0 radical (unpaired) electrons. The quantitative estimate of drug-likeness (QED) is 0.844. The SMILES string of the molecule is CN(CC1CCOCC1)c1c(N)ccc(F)c1F. The molecule has 1 heterocycles. The molecule has 1 aliphatic heterocycles. The molecule has 0 bridgehead atoms. The Hall–Kier alpha value is -1.36. The van der Waals surface area contributed by atoms with Crippen molar-refractivity contribution in [1.82, 2.24) is 0 Å². The van der Waals surface area contributed by atoms with Gasteiger partial charge in [-0.2, -0.15) is 0 Å². The Kier molecular flexibility index (Phi) is 4.01. The van der Waals surface area contributed by atoms with Gasteiger partial charge in [0.1, 0.15) is 0 Å². The van der Waals surface area contributed by atoms with Crippen LogP contribution in [0.1, 0.15) is 12.8 Å². The molecular formula is C13H18F2N2O. The molecule has 2 rings (SSSR count). The maximum atomic E-state index is 13.7. The normalized spacial score (nSPS) is 16.8. The fourth-order valence-corrected chi connectivity index (χ4v) is 2.35. The summed E-state index contributed by atoms with van der Waals surface area (Å²) in [5, 5.41) is 0. The van der Waals surface area contributed by atoms with Gasteiger partial charge in [-0.3, -0.25) is 0 Å². The van der Waals surface area contributed by atoms with Gasteiger partial charge in [0.05, 0.1) is 11.4 Å². The summed E-state index contributed by atoms with van der Waals surface area (Å²) in [5.74, 6) is -1.30. The lowest BCUT2D eigenvalue weighted by Gasteiger charge is -2.29. The standard InChI is InChI=1S/C13H18F2N2O/c1-17(8-9-4-6-18-7-5-9)13-11(16)3-2-10(14)12(13)15/h2-3,9H,4-8,16H2,1H3. The van der Waals surface area contributed by atoms with Gasteiger partial charge in [-0.15, -0.1) is 0 Å². The lowest BCUT2D eigenvalue weighted by atomic mass is 9.99. The zero-order valence-corrected chi connectivity index (χ0v) is 10.5. The Labute approximate surface area is 106 Å². The highest BCUT2D eigenvalue weighted by molar-refractivity contribution is 5.68. The van der Waals surface area contributed by atoms with Crippen LogP contribution in [0.3, 0.4) is 0 Å². The first-order valence-corrected chi connectivity index (χ1v) is 6.12. The molecule has 0 aromatic heterocycles. The molecule has 0 spiro atoms. The second-order valence-electron chi connectivity index (χ2n) is 4.74. The van der Waals surface area contributed by atoms with Crippen LogP contribution in [0.25, 0.3) is 0 Å². The van der Waals surface area contributed by atoms with Gasteiger partial charge >= 0.3 is 0 Å². The number of rotatable bonds is 3. The number of nitrogens with zero attached hydrogens (tertiary/aromatic N) is 1. The zero-order chi connectivity index (χ0) is 13.1. The lowest BCUT2D eigenvalue weighted by Crippen LogP contribution is -2.30. The molecule has 0 saturated carbocycles. The number of nitrogen functional groups attached to an aromatic ring is 1. The van der Waals surface area contributed by atoms with Crippen molar-refractivity contribution in [1.29, 1.82) is 0 Å². The van der Waals surface area contributed by atoms with Gasteiger partial charge in [0.15, 0.2) is 11.6 Å². The molecule has 3 nitrogen and oxygen atoms in total. The highest BCUT2D eigenvalue weighted by atomic mass is 19.2. The molecule has 1 saturated heterocycles. The van der Waals surface area contributed by atoms with Crippen molar-refractivity contribution in [2.24, 2.45) is 5.92 Å². The Morgan fingerprint density at radius 1 is 1.33 bits per heavy atom. The molecule has 1 aromatic carbocycles. The maximum absolute atomic E-state index is 13.7. The van der Waals surface area contributed by atoms with Crippen LogP contribution in [-0.4, -0.2) is 26.8 Å². The van der Waals surface area contributed by atoms with Crippen molar-refractivity contribution in [3.05, 3.63) is 23.8 Å². The highest BCUT2D eigenvalue weighted by Gasteiger charge is 2.20. The summed E-state index contributed by atoms with van der Waals surface area (Å²) in [7, 11) is 1.74. The molecule has 1 aromatic rings. The Morgan fingerprint density at radius 3 is 2.67 bits per heavy atom. The third-order valence-corrected chi connectivity index (χ3v) is 3.35. The van der Waals surface area contributed by atoms with E-state index in [4.69, 9.17) is 10.5 Å². The Morgan fingerprint density at radius 2 is 2.00 bits per heavy atom. The average Bonchev–Trinajstić information content (AvgIpc) is 2.36. The van der Waals surface area contributed by atoms with E-state index in [1.165, 1.54) is 6.07 Å². The van der Waals surface area contributed by atoms with Crippen LogP contribution in [0.15, 0.2) is 12.1 Å². The Balaban J connectivity index is 2.12. The predicted molar refractivity (Wildman–Crippen MR) is 67.6 cm³/mol. The van der Waals surface area contributed by atoms with E-state index in [0.717, 1.165) is 32.1 Å². The van der Waals surface area contributed by atoms with E-state index in [0.29, 0.717) is 12.5 Å². The van der Waals surface area contributed by atoms with Gasteiger partial charge in [0.2, 0.25) is 0 Å². The summed E-state index contributed by atoms with van der Waals surface area (Å²) in [6, 6.07) is 2.45. The third kappa shape index (κ3) is 2.72. The van der Waals surface area contributed by atoms with Crippen molar-refractivity contribution in [3.63, 3.8) is 0 Å². The van der Waals surface area contributed by atoms with E-state index in [-0.39, 0.29) is 11.4 Å². The topological polar surface area (TPSA) is 38.5 Å². The highest BCUT2D eigenvalue weighted by Crippen LogP contribution is 2.29. The first-order valence-electron chi connectivity index (χ1n) is 6.12. The molecule has 1 fully saturated rings. The molecule has 1 aliphatic rings. The lowest BCUT2D eigenvalue weighted by molar-refractivity contribution is 0.0685. The summed E-state index contributed by atoms with van der Waals surface area (Å²) in [6.07, 6.45) is 1.89. The smallest absolute Gasteiger partial charge is 0.184 e. The van der Waals surface area contributed by atoms with E-state index in [9.17, 15) is 8.78 Å². The molecule has 5 heteroatoms. The largest absolute Gasteiger partial charge is 0.397 e. The molecule has 2 N–H and O–H groups in total. The number of hydrogen-bond acceptors (Lipinski definition) is 3. The number of nitrogens with two attached hydrogens (primary N) is 1. The first kappa shape index (κ1) is 13.1. The minimum absolute atomic E-state index is 0.154. The first-order chi connectivity index (χ1) is 8.59. The van der Waals surface area contributed by atoms with Gasteiger partial charge < -0.3 is 15.4 Å². The number of ether oxygens (including phenoxy) is 1. The van der Waals surface area contributed by atoms with E-state index in [1.807, 2.05) is 0 Å². The summed E-state index contributed by atoms with van der Waals surface area (Å²) in [4.78, 5) is 1.70. The fraction of sp³-hybridized carbons (Fsp3) is 0.538. The van der Waals surface area contributed by atoms with Gasteiger partial charge in [-0.1, -0.05) is 0 Å². The average molecular weight is 256 g/mol. The molecule has 0 unspecified atom stereocenters. The van der Waals surface area contributed by atoms with Crippen LogP contribution in [0.2, 0.25) is 0 Å². The minimum atomic E-state index is -0.871. The van der Waals surface area contributed by atoms with Crippen LogP contribution in [0, 0.1) is 17.6 Å². The summed E-state index contributed by atoms with van der Waals surface area (Å²) >= 11 is 0. The van der Waals surface area contributed by atoms with Crippen molar-refractivity contribution in [2.75, 3.05) is 37.4 Å². The van der Waals surface area contributed by atoms with E-state index in [1.54, 1.807) is 11.9 Å².